The number of nitrogens with zero attached hydrogens (tertiary/aromatic N) is 7. The molecule has 12 heteroatoms. The third kappa shape index (κ3) is 5.71. The van der Waals surface area contributed by atoms with Gasteiger partial charge < -0.3 is 24.8 Å². The molecule has 0 saturated carbocycles. The average Bonchev–Trinajstić information content (AvgIpc) is 3.33. The number of carbonyl (C=O) groups excluding carboxylic acids is 1. The van der Waals surface area contributed by atoms with Crippen molar-refractivity contribution in [3.63, 3.8) is 0 Å². The number of halogens is 2. The van der Waals surface area contributed by atoms with Crippen molar-refractivity contribution in [2.75, 3.05) is 43.5 Å². The maximum absolute atomic E-state index is 15.1. The number of piperidine rings is 1. The zero-order valence-corrected chi connectivity index (χ0v) is 23.3. The molecule has 1 aliphatic rings. The van der Waals surface area contributed by atoms with E-state index < -0.39 is 5.82 Å². The fourth-order valence-electron chi connectivity index (χ4n) is 4.96. The van der Waals surface area contributed by atoms with Crippen molar-refractivity contribution in [2.45, 2.75) is 38.6 Å². The molecule has 0 unspecified atom stereocenters. The number of aryl methyl sites for hydroxylation is 1. The number of hydrogen-bond donors (Lipinski definition) is 2. The molecule has 0 spiro atoms. The first-order chi connectivity index (χ1) is 19.4. The fourth-order valence-corrected chi connectivity index (χ4v) is 5.24. The first kappa shape index (κ1) is 27.7. The van der Waals surface area contributed by atoms with E-state index in [1.165, 1.54) is 23.4 Å². The average molecular weight is 567 g/mol. The summed E-state index contributed by atoms with van der Waals surface area (Å²) in [6, 6.07) is 4.43. The van der Waals surface area contributed by atoms with Crippen LogP contribution in [0.15, 0.2) is 43.1 Å². The Morgan fingerprint density at radius 2 is 1.95 bits per heavy atom. The summed E-state index contributed by atoms with van der Waals surface area (Å²) in [4.78, 5) is 34.1. The van der Waals surface area contributed by atoms with Crippen LogP contribution in [0.25, 0.3) is 11.0 Å². The number of aliphatic hydroxyl groups excluding tert-OH is 1. The van der Waals surface area contributed by atoms with Gasteiger partial charge in [0.05, 0.1) is 16.1 Å². The number of hydrogen-bond acceptors (Lipinski definition) is 8. The molecule has 10 nitrogen and oxygen atoms in total. The molecular weight excluding hydrogens is 535 g/mol. The summed E-state index contributed by atoms with van der Waals surface area (Å²) in [5, 5.41) is 13.1. The highest BCUT2D eigenvalue weighted by Gasteiger charge is 2.26. The molecule has 3 aromatic heterocycles. The quantitative estimate of drug-likeness (QED) is 0.302. The number of rotatable bonds is 9. The summed E-state index contributed by atoms with van der Waals surface area (Å²) in [5.74, 6) is 0.212. The Hall–Kier alpha value is -3.83. The normalized spacial score (nSPS) is 14.1. The lowest BCUT2D eigenvalue weighted by molar-refractivity contribution is 0.0786. The second kappa shape index (κ2) is 12.1. The number of aliphatic hydroxyl groups is 1. The molecule has 0 aliphatic carbocycles. The lowest BCUT2D eigenvalue weighted by Gasteiger charge is -2.32. The van der Waals surface area contributed by atoms with E-state index in [-0.39, 0.29) is 29.8 Å². The van der Waals surface area contributed by atoms with Crippen LogP contribution >= 0.6 is 11.6 Å². The van der Waals surface area contributed by atoms with Gasteiger partial charge in [-0.3, -0.25) is 4.79 Å². The number of fused-ring (bicyclic) bond motifs is 1. The first-order valence-electron chi connectivity index (χ1n) is 13.4. The monoisotopic (exact) mass is 566 g/mol. The molecule has 1 saturated heterocycles. The molecule has 0 bridgehead atoms. The Kier molecular flexibility index (Phi) is 8.41. The maximum atomic E-state index is 15.1. The van der Waals surface area contributed by atoms with Crippen molar-refractivity contribution >= 4 is 46.0 Å². The van der Waals surface area contributed by atoms with Gasteiger partial charge in [-0.25, -0.2) is 24.3 Å². The highest BCUT2D eigenvalue weighted by atomic mass is 35.5. The number of aromatic nitrogens is 5. The van der Waals surface area contributed by atoms with E-state index in [1.807, 2.05) is 18.6 Å². The molecule has 1 aliphatic heterocycles. The first-order valence-corrected chi connectivity index (χ1v) is 13.8. The van der Waals surface area contributed by atoms with Gasteiger partial charge in [0.25, 0.3) is 5.91 Å². The Bertz CT molecular complexity index is 1490. The second-order valence-electron chi connectivity index (χ2n) is 9.89. The minimum atomic E-state index is -0.592. The standard InChI is InChI=1S/C28H32ClFN8O2/c1-3-18-14-31-28(32-15-18)37-10-7-20(8-11-37)38-16-21(29)24-25(33-17-34-26(24)38)35-23-6-5-19(13-22(23)30)27(40)36(2)9-4-12-39/h5-6,13-17,20,39H,3-4,7-12H2,1-2H3,(H,33,34,35). The van der Waals surface area contributed by atoms with Crippen LogP contribution in [0, 0.1) is 5.82 Å². The molecule has 40 heavy (non-hydrogen) atoms. The lowest BCUT2D eigenvalue weighted by atomic mass is 10.1. The smallest absolute Gasteiger partial charge is 0.253 e. The van der Waals surface area contributed by atoms with Crippen LogP contribution in [0.1, 0.15) is 48.1 Å². The Morgan fingerprint density at radius 1 is 1.20 bits per heavy atom. The number of amides is 1. The molecule has 0 radical (unpaired) electrons. The number of carbonyl (C=O) groups is 1. The zero-order chi connectivity index (χ0) is 28.2. The molecule has 5 rings (SSSR count). The van der Waals surface area contributed by atoms with Crippen molar-refractivity contribution in [1.82, 2.24) is 29.4 Å². The van der Waals surface area contributed by atoms with Crippen molar-refractivity contribution in [3.05, 3.63) is 65.1 Å². The van der Waals surface area contributed by atoms with Crippen LogP contribution in [0.4, 0.5) is 21.8 Å². The van der Waals surface area contributed by atoms with E-state index in [2.05, 4.69) is 41.6 Å². The van der Waals surface area contributed by atoms with Gasteiger partial charge >= 0.3 is 0 Å². The summed E-state index contributed by atoms with van der Waals surface area (Å²) in [6.07, 6.45) is 10.1. The van der Waals surface area contributed by atoms with Gasteiger partial charge in [0.15, 0.2) is 0 Å². The summed E-state index contributed by atoms with van der Waals surface area (Å²) in [5.41, 5.74) is 2.17. The number of benzene rings is 1. The molecule has 2 N–H and O–H groups in total. The SMILES string of the molecule is CCc1cnc(N2CCC(n3cc(Cl)c4c(Nc5ccc(C(=O)N(C)CCCO)cc5F)ncnc43)CC2)nc1. The molecule has 210 valence electrons. The van der Waals surface area contributed by atoms with Gasteiger partial charge in [-0.15, -0.1) is 0 Å². The Morgan fingerprint density at radius 3 is 2.62 bits per heavy atom. The second-order valence-corrected chi connectivity index (χ2v) is 10.3. The van der Waals surface area contributed by atoms with Crippen molar-refractivity contribution in [3.8, 4) is 0 Å². The number of anilines is 3. The van der Waals surface area contributed by atoms with Crippen LogP contribution < -0.4 is 10.2 Å². The van der Waals surface area contributed by atoms with Crippen LogP contribution in [0.3, 0.4) is 0 Å². The fraction of sp³-hybridized carbons (Fsp3) is 0.393. The third-order valence-electron chi connectivity index (χ3n) is 7.27. The van der Waals surface area contributed by atoms with E-state index >= 15 is 4.39 Å². The van der Waals surface area contributed by atoms with E-state index in [0.717, 1.165) is 43.9 Å². The molecule has 1 amide bonds. The van der Waals surface area contributed by atoms with Gasteiger partial charge in [-0.2, -0.15) is 0 Å². The number of nitrogens with one attached hydrogen (secondary N) is 1. The third-order valence-corrected chi connectivity index (χ3v) is 7.56. The van der Waals surface area contributed by atoms with Gasteiger partial charge in [-0.05, 0) is 49.4 Å². The van der Waals surface area contributed by atoms with Crippen LogP contribution in [0.5, 0.6) is 0 Å². The largest absolute Gasteiger partial charge is 0.396 e. The zero-order valence-electron chi connectivity index (χ0n) is 22.5. The summed E-state index contributed by atoms with van der Waals surface area (Å²) < 4.78 is 17.1. The van der Waals surface area contributed by atoms with Gasteiger partial charge in [0, 0.05) is 63.5 Å². The molecule has 0 atom stereocenters. The molecular formula is C28H32ClFN8O2. The summed E-state index contributed by atoms with van der Waals surface area (Å²) in [7, 11) is 1.62. The minimum absolute atomic E-state index is 0.0197. The topological polar surface area (TPSA) is 112 Å². The predicted octanol–water partition coefficient (Wildman–Crippen LogP) is 4.62. The van der Waals surface area contributed by atoms with Crippen LogP contribution in [-0.4, -0.2) is 73.7 Å². The molecule has 1 fully saturated rings. The molecule has 4 heterocycles. The Balaban J connectivity index is 1.32. The van der Waals surface area contributed by atoms with Crippen LogP contribution in [-0.2, 0) is 6.42 Å². The molecule has 4 aromatic rings. The molecule has 1 aromatic carbocycles. The maximum Gasteiger partial charge on any atom is 0.253 e. The summed E-state index contributed by atoms with van der Waals surface area (Å²) in [6.45, 7) is 4.04. The van der Waals surface area contributed by atoms with Gasteiger partial charge in [0.1, 0.15) is 23.6 Å². The van der Waals surface area contributed by atoms with Crippen molar-refractivity contribution in [2.24, 2.45) is 0 Å². The van der Waals surface area contributed by atoms with Crippen molar-refractivity contribution in [1.29, 1.82) is 0 Å². The van der Waals surface area contributed by atoms with Gasteiger partial charge in [-0.1, -0.05) is 18.5 Å². The van der Waals surface area contributed by atoms with Gasteiger partial charge in [0.2, 0.25) is 5.95 Å². The van der Waals surface area contributed by atoms with E-state index in [9.17, 15) is 4.79 Å². The Labute approximate surface area is 236 Å². The van der Waals surface area contributed by atoms with E-state index in [0.29, 0.717) is 34.8 Å². The van der Waals surface area contributed by atoms with Crippen molar-refractivity contribution < 1.29 is 14.3 Å². The van der Waals surface area contributed by atoms with Crippen LogP contribution in [0.2, 0.25) is 5.02 Å². The minimum Gasteiger partial charge on any atom is -0.396 e. The summed E-state index contributed by atoms with van der Waals surface area (Å²) >= 11 is 6.67. The predicted molar refractivity (Wildman–Crippen MR) is 153 cm³/mol. The van der Waals surface area contributed by atoms with E-state index in [4.69, 9.17) is 16.7 Å². The lowest BCUT2D eigenvalue weighted by Crippen LogP contribution is -2.35. The highest BCUT2D eigenvalue weighted by molar-refractivity contribution is 6.36. The highest BCUT2D eigenvalue weighted by Crippen LogP contribution is 2.36. The van der Waals surface area contributed by atoms with E-state index in [1.54, 1.807) is 13.1 Å².